The van der Waals surface area contributed by atoms with Gasteiger partial charge in [-0.3, -0.25) is 0 Å². The van der Waals surface area contributed by atoms with Crippen molar-refractivity contribution in [1.82, 2.24) is 5.32 Å². The lowest BCUT2D eigenvalue weighted by Gasteiger charge is -2.29. The molecule has 1 N–H and O–H groups in total. The molecule has 1 aliphatic heterocycles. The summed E-state index contributed by atoms with van der Waals surface area (Å²) in [6.07, 6.45) is -11.2. The Morgan fingerprint density at radius 1 is 1.15 bits per heavy atom. The van der Waals surface area contributed by atoms with Gasteiger partial charge in [0.15, 0.2) is 0 Å². The summed E-state index contributed by atoms with van der Waals surface area (Å²) in [5.41, 5.74) is -5.13. The molecule has 110 valence electrons. The average molecular weight is 299 g/mol. The highest BCUT2D eigenvalue weighted by atomic mass is 19.4. The van der Waals surface area contributed by atoms with Gasteiger partial charge in [0.25, 0.3) is 5.60 Å². The first-order chi connectivity index (χ1) is 9.06. The highest BCUT2D eigenvalue weighted by Crippen LogP contribution is 2.45. The second-order valence-corrected chi connectivity index (χ2v) is 4.15. The zero-order chi connectivity index (χ0) is 15.2. The maximum atomic E-state index is 13.1. The molecule has 1 fully saturated rings. The number of carbonyl (C=O) groups excluding carboxylic acids is 1. The molecule has 1 atom stereocenters. The molecule has 0 radical (unpaired) electrons. The van der Waals surface area contributed by atoms with E-state index in [1.807, 2.05) is 5.32 Å². The van der Waals surface area contributed by atoms with Crippen molar-refractivity contribution in [3.05, 3.63) is 35.4 Å². The van der Waals surface area contributed by atoms with Crippen LogP contribution >= 0.6 is 0 Å². The zero-order valence-electron chi connectivity index (χ0n) is 9.60. The minimum Gasteiger partial charge on any atom is -0.426 e. The van der Waals surface area contributed by atoms with E-state index in [9.17, 15) is 31.1 Å². The van der Waals surface area contributed by atoms with Crippen molar-refractivity contribution in [2.24, 2.45) is 0 Å². The van der Waals surface area contributed by atoms with E-state index in [0.717, 1.165) is 12.1 Å². The molecule has 1 saturated heterocycles. The molecule has 2 rings (SSSR count). The van der Waals surface area contributed by atoms with E-state index in [4.69, 9.17) is 0 Å². The van der Waals surface area contributed by atoms with Gasteiger partial charge in [0.05, 0.1) is 12.1 Å². The molecule has 1 heterocycles. The molecule has 0 spiro atoms. The maximum Gasteiger partial charge on any atom is 0.434 e. The molecule has 9 heteroatoms. The van der Waals surface area contributed by atoms with Crippen LogP contribution in [0, 0.1) is 0 Å². The normalized spacial score (nSPS) is 23.4. The Kier molecular flexibility index (Phi) is 3.10. The number of rotatable bonds is 1. The van der Waals surface area contributed by atoms with Gasteiger partial charge in [0.1, 0.15) is 0 Å². The summed E-state index contributed by atoms with van der Waals surface area (Å²) in [6.45, 7) is -0.976. The molecular formula is C11H7F6NO2. The van der Waals surface area contributed by atoms with E-state index < -0.39 is 41.7 Å². The van der Waals surface area contributed by atoms with Crippen LogP contribution in [0.25, 0.3) is 0 Å². The quantitative estimate of drug-likeness (QED) is 0.809. The molecule has 0 aromatic heterocycles. The number of benzene rings is 1. The number of hydrogen-bond acceptors (Lipinski definition) is 2. The van der Waals surface area contributed by atoms with Crippen molar-refractivity contribution < 1.29 is 35.9 Å². The van der Waals surface area contributed by atoms with E-state index in [-0.39, 0.29) is 0 Å². The third-order valence-corrected chi connectivity index (χ3v) is 2.86. The molecule has 20 heavy (non-hydrogen) atoms. The molecule has 0 aliphatic carbocycles. The van der Waals surface area contributed by atoms with E-state index in [1.165, 1.54) is 0 Å². The second kappa shape index (κ2) is 4.29. The third kappa shape index (κ3) is 2.27. The van der Waals surface area contributed by atoms with E-state index in [0.29, 0.717) is 12.1 Å². The summed E-state index contributed by atoms with van der Waals surface area (Å²) in [6, 6.07) is 2.63. The standard InChI is InChI=1S/C11H7F6NO2/c12-10(13,14)7-3-1-2-6(4-7)9(11(15,16)17)5-18-8(19)20-9/h1-4H,5H2,(H,18,19). The molecule has 1 aliphatic rings. The van der Waals surface area contributed by atoms with Crippen LogP contribution in [0.15, 0.2) is 24.3 Å². The Labute approximate surface area is 108 Å². The van der Waals surface area contributed by atoms with Gasteiger partial charge >= 0.3 is 18.4 Å². The smallest absolute Gasteiger partial charge is 0.426 e. The molecule has 0 bridgehead atoms. The summed E-state index contributed by atoms with van der Waals surface area (Å²) in [5.74, 6) is 0. The van der Waals surface area contributed by atoms with Gasteiger partial charge in [0, 0.05) is 5.56 Å². The molecule has 1 amide bonds. The second-order valence-electron chi connectivity index (χ2n) is 4.15. The lowest BCUT2D eigenvalue weighted by molar-refractivity contribution is -0.250. The first-order valence-corrected chi connectivity index (χ1v) is 5.27. The minimum atomic E-state index is -5.05. The van der Waals surface area contributed by atoms with Crippen LogP contribution in [0.1, 0.15) is 11.1 Å². The molecule has 1 aromatic carbocycles. The fourth-order valence-electron chi connectivity index (χ4n) is 1.86. The Morgan fingerprint density at radius 2 is 1.80 bits per heavy atom. The van der Waals surface area contributed by atoms with Gasteiger partial charge in [-0.1, -0.05) is 12.1 Å². The Hall–Kier alpha value is -1.93. The van der Waals surface area contributed by atoms with Crippen LogP contribution in [-0.4, -0.2) is 18.8 Å². The maximum absolute atomic E-state index is 13.1. The highest BCUT2D eigenvalue weighted by Gasteiger charge is 2.62. The monoisotopic (exact) mass is 299 g/mol. The molecule has 1 aromatic rings. The van der Waals surface area contributed by atoms with Crippen LogP contribution in [0.5, 0.6) is 0 Å². The van der Waals surface area contributed by atoms with Crippen LogP contribution < -0.4 is 5.32 Å². The number of ether oxygens (including phenoxy) is 1. The van der Waals surface area contributed by atoms with Crippen molar-refractivity contribution >= 4 is 6.09 Å². The van der Waals surface area contributed by atoms with Crippen LogP contribution in [0.2, 0.25) is 0 Å². The van der Waals surface area contributed by atoms with Crippen LogP contribution in [0.3, 0.4) is 0 Å². The third-order valence-electron chi connectivity index (χ3n) is 2.86. The minimum absolute atomic E-state index is 0.327. The largest absolute Gasteiger partial charge is 0.434 e. The summed E-state index contributed by atoms with van der Waals surface area (Å²) in [4.78, 5) is 10.9. The number of carbonyl (C=O) groups is 1. The van der Waals surface area contributed by atoms with Gasteiger partial charge in [0.2, 0.25) is 0 Å². The number of halogens is 6. The summed E-state index contributed by atoms with van der Waals surface area (Å²) in [5, 5.41) is 1.81. The van der Waals surface area contributed by atoms with Crippen molar-refractivity contribution in [3.8, 4) is 0 Å². The number of cyclic esters (lactones) is 1. The van der Waals surface area contributed by atoms with Gasteiger partial charge in [-0.05, 0) is 12.1 Å². The Balaban J connectivity index is 2.54. The predicted molar refractivity (Wildman–Crippen MR) is 53.7 cm³/mol. The van der Waals surface area contributed by atoms with E-state index in [1.54, 1.807) is 0 Å². The van der Waals surface area contributed by atoms with Crippen molar-refractivity contribution in [2.75, 3.05) is 6.54 Å². The summed E-state index contributed by atoms with van der Waals surface area (Å²) >= 11 is 0. The first kappa shape index (κ1) is 14.5. The van der Waals surface area contributed by atoms with E-state index >= 15 is 0 Å². The van der Waals surface area contributed by atoms with Crippen LogP contribution in [-0.2, 0) is 16.5 Å². The SMILES string of the molecule is O=C1NCC(c2cccc(C(F)(F)F)c2)(C(F)(F)F)O1. The fourth-order valence-corrected chi connectivity index (χ4v) is 1.86. The lowest BCUT2D eigenvalue weighted by atomic mass is 9.92. The van der Waals surface area contributed by atoms with Gasteiger partial charge in [-0.25, -0.2) is 4.79 Å². The van der Waals surface area contributed by atoms with Gasteiger partial charge < -0.3 is 10.1 Å². The number of amides is 1. The molecule has 0 saturated carbocycles. The predicted octanol–water partition coefficient (Wildman–Crippen LogP) is 3.20. The number of hydrogen-bond donors (Lipinski definition) is 1. The van der Waals surface area contributed by atoms with Gasteiger partial charge in [-0.2, -0.15) is 26.3 Å². The first-order valence-electron chi connectivity index (χ1n) is 5.27. The fraction of sp³-hybridized carbons (Fsp3) is 0.364. The Morgan fingerprint density at radius 3 is 2.25 bits per heavy atom. The summed E-state index contributed by atoms with van der Waals surface area (Å²) < 4.78 is 81.2. The lowest BCUT2D eigenvalue weighted by Crippen LogP contribution is -2.45. The number of alkyl halides is 6. The van der Waals surface area contributed by atoms with Crippen molar-refractivity contribution in [1.29, 1.82) is 0 Å². The number of nitrogens with one attached hydrogen (secondary N) is 1. The van der Waals surface area contributed by atoms with Crippen LogP contribution in [0.4, 0.5) is 31.1 Å². The zero-order valence-corrected chi connectivity index (χ0v) is 9.60. The van der Waals surface area contributed by atoms with Crippen molar-refractivity contribution in [2.45, 2.75) is 18.0 Å². The van der Waals surface area contributed by atoms with Crippen molar-refractivity contribution in [3.63, 3.8) is 0 Å². The summed E-state index contributed by atoms with van der Waals surface area (Å²) in [7, 11) is 0. The van der Waals surface area contributed by atoms with Gasteiger partial charge in [-0.15, -0.1) is 0 Å². The number of alkyl carbamates (subject to hydrolysis) is 1. The molecule has 1 unspecified atom stereocenters. The Bertz CT molecular complexity index is 538. The topological polar surface area (TPSA) is 38.3 Å². The molecular weight excluding hydrogens is 292 g/mol. The molecule has 3 nitrogen and oxygen atoms in total. The van der Waals surface area contributed by atoms with E-state index in [2.05, 4.69) is 4.74 Å². The average Bonchev–Trinajstić information content (AvgIpc) is 2.71. The highest BCUT2D eigenvalue weighted by molar-refractivity contribution is 5.71.